The van der Waals surface area contributed by atoms with Gasteiger partial charge in [0.2, 0.25) is 0 Å². The molecule has 1 aromatic carbocycles. The Hall–Kier alpha value is -1.76. The lowest BCUT2D eigenvalue weighted by molar-refractivity contribution is 0.0941. The molecule has 0 aliphatic carbocycles. The summed E-state index contributed by atoms with van der Waals surface area (Å²) in [6, 6.07) is 10.1. The molecule has 2 rings (SSSR count). The molecule has 0 radical (unpaired) electrons. The Labute approximate surface area is 134 Å². The highest BCUT2D eigenvalue weighted by Gasteiger charge is 2.08. The Morgan fingerprint density at radius 1 is 1.27 bits per heavy atom. The third-order valence-electron chi connectivity index (χ3n) is 3.07. The molecule has 0 bridgehead atoms. The van der Waals surface area contributed by atoms with Crippen LogP contribution in [0.4, 0.5) is 0 Å². The van der Waals surface area contributed by atoms with E-state index in [9.17, 15) is 4.79 Å². The van der Waals surface area contributed by atoms with Crippen LogP contribution in [0.1, 0.15) is 33.9 Å². The summed E-state index contributed by atoms with van der Waals surface area (Å²) in [6.07, 6.45) is 1.80. The lowest BCUT2D eigenvalue weighted by Crippen LogP contribution is -2.25. The minimum absolute atomic E-state index is 0.138. The first kappa shape index (κ1) is 16.6. The molecule has 1 aromatic heterocycles. The Morgan fingerprint density at radius 3 is 2.82 bits per heavy atom. The van der Waals surface area contributed by atoms with Gasteiger partial charge in [-0.1, -0.05) is 30.3 Å². The fraction of sp³-hybridized carbons (Fsp3) is 0.375. The van der Waals surface area contributed by atoms with Gasteiger partial charge in [0, 0.05) is 25.1 Å². The smallest absolute Gasteiger partial charge is 0.270 e. The molecule has 0 saturated heterocycles. The summed E-state index contributed by atoms with van der Waals surface area (Å²) in [5, 5.41) is 5.37. The van der Waals surface area contributed by atoms with Gasteiger partial charge in [-0.3, -0.25) is 4.79 Å². The van der Waals surface area contributed by atoms with Gasteiger partial charge in [-0.15, -0.1) is 11.3 Å². The van der Waals surface area contributed by atoms with Crippen LogP contribution in [0.2, 0.25) is 0 Å². The van der Waals surface area contributed by atoms with Crippen molar-refractivity contribution in [3.05, 3.63) is 52.0 Å². The minimum Gasteiger partial charge on any atom is -0.377 e. The van der Waals surface area contributed by atoms with Crippen molar-refractivity contribution >= 4 is 17.2 Å². The molecule has 5 nitrogen and oxygen atoms in total. The van der Waals surface area contributed by atoms with Crippen molar-refractivity contribution in [1.82, 2.24) is 10.3 Å². The molecule has 6 heteroatoms. The van der Waals surface area contributed by atoms with Crippen LogP contribution in [0.15, 0.2) is 35.7 Å². The van der Waals surface area contributed by atoms with E-state index in [4.69, 9.17) is 10.5 Å². The van der Waals surface area contributed by atoms with E-state index in [1.165, 1.54) is 16.9 Å². The van der Waals surface area contributed by atoms with E-state index in [1.807, 2.05) is 30.3 Å². The summed E-state index contributed by atoms with van der Waals surface area (Å²) < 4.78 is 5.59. The molecule has 0 aliphatic heterocycles. The topological polar surface area (TPSA) is 77.2 Å². The number of rotatable bonds is 9. The van der Waals surface area contributed by atoms with E-state index in [1.54, 1.807) is 5.38 Å². The van der Waals surface area contributed by atoms with E-state index in [0.717, 1.165) is 17.8 Å². The van der Waals surface area contributed by atoms with Crippen molar-refractivity contribution in [3.63, 3.8) is 0 Å². The maximum Gasteiger partial charge on any atom is 0.270 e. The number of carbonyl (C=O) groups is 1. The predicted octanol–water partition coefficient (Wildman–Crippen LogP) is 2.33. The normalized spacial score (nSPS) is 10.6. The number of hydrogen-bond acceptors (Lipinski definition) is 5. The van der Waals surface area contributed by atoms with E-state index in [2.05, 4.69) is 10.3 Å². The molecule has 0 spiro atoms. The number of amides is 1. The zero-order valence-corrected chi connectivity index (χ0v) is 13.3. The molecular formula is C16H21N3O2S. The number of nitrogens with zero attached hydrogens (tertiary/aromatic N) is 1. The average Bonchev–Trinajstić information content (AvgIpc) is 3.04. The second kappa shape index (κ2) is 9.30. The lowest BCUT2D eigenvalue weighted by atomic mass is 10.2. The van der Waals surface area contributed by atoms with Crippen LogP contribution < -0.4 is 11.1 Å². The zero-order chi connectivity index (χ0) is 15.6. The molecule has 1 amide bonds. The summed E-state index contributed by atoms with van der Waals surface area (Å²) in [5.41, 5.74) is 7.10. The number of thiazole rings is 1. The predicted molar refractivity (Wildman–Crippen MR) is 87.7 cm³/mol. The highest BCUT2D eigenvalue weighted by molar-refractivity contribution is 7.09. The highest BCUT2D eigenvalue weighted by Crippen LogP contribution is 2.08. The number of aromatic nitrogens is 1. The van der Waals surface area contributed by atoms with Gasteiger partial charge in [0.05, 0.1) is 6.61 Å². The second-order valence-electron chi connectivity index (χ2n) is 4.83. The minimum atomic E-state index is -0.138. The van der Waals surface area contributed by atoms with Gasteiger partial charge in [0.15, 0.2) is 0 Å². The van der Waals surface area contributed by atoms with Gasteiger partial charge in [-0.2, -0.15) is 0 Å². The summed E-state index contributed by atoms with van der Waals surface area (Å²) in [4.78, 5) is 16.0. The molecule has 2 aromatic rings. The Balaban J connectivity index is 1.53. The van der Waals surface area contributed by atoms with Crippen LogP contribution in [0.25, 0.3) is 0 Å². The number of nitrogens with one attached hydrogen (secondary N) is 1. The first-order valence-electron chi connectivity index (χ1n) is 7.34. The molecule has 0 aliphatic rings. The average molecular weight is 319 g/mol. The van der Waals surface area contributed by atoms with E-state index in [0.29, 0.717) is 32.0 Å². The van der Waals surface area contributed by atoms with Crippen LogP contribution in [0.3, 0.4) is 0 Å². The van der Waals surface area contributed by atoms with E-state index >= 15 is 0 Å². The summed E-state index contributed by atoms with van der Waals surface area (Å²) >= 11 is 1.41. The third kappa shape index (κ3) is 5.55. The molecule has 0 atom stereocenters. The second-order valence-corrected chi connectivity index (χ2v) is 5.77. The van der Waals surface area contributed by atoms with Gasteiger partial charge in [-0.25, -0.2) is 4.98 Å². The Kier molecular flexibility index (Phi) is 7.02. The standard InChI is InChI=1S/C16H21N3O2S/c17-10-15-19-14(12-22-15)16(20)18-8-4-5-9-21-11-13-6-2-1-3-7-13/h1-3,6-7,12H,4-5,8-11,17H2,(H,18,20). The Morgan fingerprint density at radius 2 is 2.09 bits per heavy atom. The number of ether oxygens (including phenoxy) is 1. The molecule has 22 heavy (non-hydrogen) atoms. The summed E-state index contributed by atoms with van der Waals surface area (Å²) in [7, 11) is 0. The quantitative estimate of drug-likeness (QED) is 0.695. The number of hydrogen-bond donors (Lipinski definition) is 2. The van der Waals surface area contributed by atoms with Crippen LogP contribution >= 0.6 is 11.3 Å². The van der Waals surface area contributed by atoms with E-state index in [-0.39, 0.29) is 5.91 Å². The third-order valence-corrected chi connectivity index (χ3v) is 3.94. The Bertz CT molecular complexity index is 572. The monoisotopic (exact) mass is 319 g/mol. The van der Waals surface area contributed by atoms with Crippen molar-refractivity contribution in [3.8, 4) is 0 Å². The van der Waals surface area contributed by atoms with Gasteiger partial charge >= 0.3 is 0 Å². The first-order valence-corrected chi connectivity index (χ1v) is 8.22. The van der Waals surface area contributed by atoms with E-state index < -0.39 is 0 Å². The molecular weight excluding hydrogens is 298 g/mol. The molecule has 0 fully saturated rings. The van der Waals surface area contributed by atoms with Gasteiger partial charge in [-0.05, 0) is 18.4 Å². The molecule has 1 heterocycles. The zero-order valence-electron chi connectivity index (χ0n) is 12.5. The number of unbranched alkanes of at least 4 members (excludes halogenated alkanes) is 1. The van der Waals surface area contributed by atoms with Gasteiger partial charge in [0.1, 0.15) is 10.7 Å². The van der Waals surface area contributed by atoms with Gasteiger partial charge < -0.3 is 15.8 Å². The van der Waals surface area contributed by atoms with Gasteiger partial charge in [0.25, 0.3) is 5.91 Å². The first-order chi connectivity index (χ1) is 10.8. The van der Waals surface area contributed by atoms with Crippen molar-refractivity contribution in [2.75, 3.05) is 13.2 Å². The lowest BCUT2D eigenvalue weighted by Gasteiger charge is -2.05. The number of carbonyl (C=O) groups excluding carboxylic acids is 1. The largest absolute Gasteiger partial charge is 0.377 e. The summed E-state index contributed by atoms with van der Waals surface area (Å²) in [6.45, 7) is 2.33. The van der Waals surface area contributed by atoms with Crippen molar-refractivity contribution < 1.29 is 9.53 Å². The number of benzene rings is 1. The molecule has 0 unspecified atom stereocenters. The van der Waals surface area contributed by atoms with Crippen LogP contribution in [-0.2, 0) is 17.9 Å². The fourth-order valence-electron chi connectivity index (χ4n) is 1.89. The van der Waals surface area contributed by atoms with Crippen LogP contribution in [-0.4, -0.2) is 24.0 Å². The fourth-order valence-corrected chi connectivity index (χ4v) is 2.55. The molecule has 0 saturated carbocycles. The molecule has 3 N–H and O–H groups in total. The number of nitrogens with two attached hydrogens (primary N) is 1. The van der Waals surface area contributed by atoms with Crippen LogP contribution in [0.5, 0.6) is 0 Å². The SMILES string of the molecule is NCc1nc(C(=O)NCCCCOCc2ccccc2)cs1. The van der Waals surface area contributed by atoms with Crippen molar-refractivity contribution in [2.24, 2.45) is 5.73 Å². The highest BCUT2D eigenvalue weighted by atomic mass is 32.1. The summed E-state index contributed by atoms with van der Waals surface area (Å²) in [5.74, 6) is -0.138. The molecule has 118 valence electrons. The maximum atomic E-state index is 11.8. The van der Waals surface area contributed by atoms with Crippen molar-refractivity contribution in [2.45, 2.75) is 26.0 Å². The van der Waals surface area contributed by atoms with Crippen LogP contribution in [0, 0.1) is 0 Å². The van der Waals surface area contributed by atoms with Crippen molar-refractivity contribution in [1.29, 1.82) is 0 Å². The maximum absolute atomic E-state index is 11.8.